The van der Waals surface area contributed by atoms with Gasteiger partial charge in [-0.2, -0.15) is 10.2 Å². The van der Waals surface area contributed by atoms with Gasteiger partial charge in [0.2, 0.25) is 0 Å². The van der Waals surface area contributed by atoms with Crippen LogP contribution in [-0.4, -0.2) is 46.8 Å². The molecular formula is C22H21Cl2N3O4. The van der Waals surface area contributed by atoms with Crippen molar-refractivity contribution in [3.8, 4) is 22.7 Å². The number of carbonyl (C=O) groups is 2. The zero-order valence-electron chi connectivity index (χ0n) is 17.0. The van der Waals surface area contributed by atoms with Crippen molar-refractivity contribution in [1.82, 2.24) is 14.8 Å². The van der Waals surface area contributed by atoms with Gasteiger partial charge >= 0.3 is 5.97 Å². The highest BCUT2D eigenvalue weighted by molar-refractivity contribution is 6.30. The van der Waals surface area contributed by atoms with E-state index < -0.39 is 5.97 Å². The molecule has 31 heavy (non-hydrogen) atoms. The van der Waals surface area contributed by atoms with Gasteiger partial charge in [-0.3, -0.25) is 4.79 Å². The lowest BCUT2D eigenvalue weighted by molar-refractivity contribution is -0.190. The molecule has 1 aromatic heterocycles. The van der Waals surface area contributed by atoms with E-state index in [-0.39, 0.29) is 18.2 Å². The summed E-state index contributed by atoms with van der Waals surface area (Å²) in [6, 6.07) is 16.9. The number of benzene rings is 2. The average molecular weight is 462 g/mol. The molecular weight excluding hydrogens is 441 g/mol. The van der Waals surface area contributed by atoms with Crippen LogP contribution in [0.1, 0.15) is 12.1 Å². The number of ether oxygens (including phenoxy) is 1. The summed E-state index contributed by atoms with van der Waals surface area (Å²) in [5.74, 6) is -0.630. The Balaban J connectivity index is 1.85. The molecule has 0 radical (unpaired) electrons. The summed E-state index contributed by atoms with van der Waals surface area (Å²) in [6.07, 6.45) is 0.483. The smallest absolute Gasteiger partial charge is 0.347 e. The summed E-state index contributed by atoms with van der Waals surface area (Å²) in [4.78, 5) is 28.3. The lowest BCUT2D eigenvalue weighted by atomic mass is 10.1. The van der Waals surface area contributed by atoms with Gasteiger partial charge in [0.1, 0.15) is 11.6 Å². The molecule has 0 aliphatic rings. The van der Waals surface area contributed by atoms with Crippen molar-refractivity contribution in [2.45, 2.75) is 12.8 Å². The molecule has 0 atom stereocenters. The summed E-state index contributed by atoms with van der Waals surface area (Å²) in [7, 11) is 2.99. The van der Waals surface area contributed by atoms with Crippen LogP contribution in [0.15, 0.2) is 54.6 Å². The maximum Gasteiger partial charge on any atom is 0.347 e. The highest BCUT2D eigenvalue weighted by atomic mass is 35.5. The molecule has 2 aromatic carbocycles. The van der Waals surface area contributed by atoms with Crippen molar-refractivity contribution in [3.05, 3.63) is 65.3 Å². The topological polar surface area (TPSA) is 73.7 Å². The van der Waals surface area contributed by atoms with Crippen molar-refractivity contribution in [2.24, 2.45) is 0 Å². The van der Waals surface area contributed by atoms with Gasteiger partial charge in [0.05, 0.1) is 24.2 Å². The number of aryl methyl sites for hydroxylation is 1. The van der Waals surface area contributed by atoms with E-state index in [0.717, 1.165) is 27.8 Å². The molecule has 0 N–H and O–H groups in total. The number of rotatable bonds is 7. The molecule has 7 nitrogen and oxygen atoms in total. The normalized spacial score (nSPS) is 10.6. The zero-order chi connectivity index (χ0) is 22.4. The van der Waals surface area contributed by atoms with Crippen LogP contribution >= 0.6 is 23.2 Å². The summed E-state index contributed by atoms with van der Waals surface area (Å²) in [6.45, 7) is 0. The van der Waals surface area contributed by atoms with Gasteiger partial charge in [0.15, 0.2) is 0 Å². The Hall–Kier alpha value is -3.03. The fourth-order valence-electron chi connectivity index (χ4n) is 2.92. The number of halogens is 2. The number of aromatic nitrogens is 2. The molecule has 0 aliphatic carbocycles. The fraction of sp³-hybridized carbons (Fsp3) is 0.227. The third-order valence-corrected chi connectivity index (χ3v) is 4.98. The number of alkyl halides is 1. The minimum atomic E-state index is -0.689. The van der Waals surface area contributed by atoms with Crippen molar-refractivity contribution in [1.29, 1.82) is 0 Å². The Morgan fingerprint density at radius 1 is 1.10 bits per heavy atom. The molecule has 9 heteroatoms. The predicted molar refractivity (Wildman–Crippen MR) is 118 cm³/mol. The molecule has 0 saturated carbocycles. The number of hydrogen-bond donors (Lipinski definition) is 0. The van der Waals surface area contributed by atoms with Crippen LogP contribution < -0.4 is 4.74 Å². The van der Waals surface area contributed by atoms with Crippen molar-refractivity contribution in [3.63, 3.8) is 0 Å². The van der Waals surface area contributed by atoms with E-state index in [1.807, 2.05) is 54.6 Å². The molecule has 0 aliphatic heterocycles. The molecule has 0 spiro atoms. The van der Waals surface area contributed by atoms with E-state index >= 15 is 0 Å². The number of amides is 1. The van der Waals surface area contributed by atoms with E-state index in [1.165, 1.54) is 7.05 Å². The van der Waals surface area contributed by atoms with E-state index in [4.69, 9.17) is 32.8 Å². The first kappa shape index (κ1) is 22.7. The van der Waals surface area contributed by atoms with Crippen molar-refractivity contribution >= 4 is 35.1 Å². The maximum absolute atomic E-state index is 12.2. The molecule has 3 rings (SSSR count). The average Bonchev–Trinajstić information content (AvgIpc) is 3.22. The van der Waals surface area contributed by atoms with Crippen LogP contribution in [-0.2, 0) is 20.8 Å². The third-order valence-electron chi connectivity index (χ3n) is 4.51. The largest absolute Gasteiger partial charge is 0.497 e. The number of nitrogens with zero attached hydrogens (tertiary/aromatic N) is 3. The summed E-state index contributed by atoms with van der Waals surface area (Å²) >= 11 is 11.4. The highest BCUT2D eigenvalue weighted by Crippen LogP contribution is 2.27. The summed E-state index contributed by atoms with van der Waals surface area (Å²) < 4.78 is 7.04. The Kier molecular flexibility index (Phi) is 7.55. The number of hydroxylamine groups is 2. The first-order valence-electron chi connectivity index (χ1n) is 9.44. The van der Waals surface area contributed by atoms with Gasteiger partial charge in [0, 0.05) is 30.5 Å². The van der Waals surface area contributed by atoms with Gasteiger partial charge < -0.3 is 9.57 Å². The monoisotopic (exact) mass is 461 g/mol. The Morgan fingerprint density at radius 3 is 2.39 bits per heavy atom. The third kappa shape index (κ3) is 5.77. The molecule has 1 amide bonds. The molecule has 0 bridgehead atoms. The van der Waals surface area contributed by atoms with Crippen LogP contribution in [0.2, 0.25) is 5.02 Å². The van der Waals surface area contributed by atoms with E-state index in [1.54, 1.807) is 11.8 Å². The first-order valence-corrected chi connectivity index (χ1v) is 10.3. The standard InChI is InChI=1S/C22H21Cl2N3O4/c1-26(31-22(29)14-23)21(28)12-7-17-13-20(15-3-5-16(24)6-4-15)27(25-17)18-8-10-19(30-2)11-9-18/h3-6,8-11,13H,7,12,14H2,1-2H3. The number of hydrogen-bond acceptors (Lipinski definition) is 5. The Bertz CT molecular complexity index is 1050. The highest BCUT2D eigenvalue weighted by Gasteiger charge is 2.17. The number of carbonyl (C=O) groups excluding carboxylic acids is 2. The van der Waals surface area contributed by atoms with E-state index in [2.05, 4.69) is 5.10 Å². The quantitative estimate of drug-likeness (QED) is 0.387. The Labute approximate surface area is 190 Å². The van der Waals surface area contributed by atoms with E-state index in [0.29, 0.717) is 17.1 Å². The molecule has 0 fully saturated rings. The lowest BCUT2D eigenvalue weighted by Gasteiger charge is -2.14. The SMILES string of the molecule is COc1ccc(-n2nc(CCC(=O)N(C)OC(=O)CCl)cc2-c2ccc(Cl)cc2)cc1. The van der Waals surface area contributed by atoms with E-state index in [9.17, 15) is 9.59 Å². The van der Waals surface area contributed by atoms with Gasteiger partial charge in [-0.05, 0) is 42.5 Å². The lowest BCUT2D eigenvalue weighted by Crippen LogP contribution is -2.30. The molecule has 0 unspecified atom stereocenters. The summed E-state index contributed by atoms with van der Waals surface area (Å²) in [5, 5.41) is 6.22. The maximum atomic E-state index is 12.2. The molecule has 162 valence electrons. The predicted octanol–water partition coefficient (Wildman–Crippen LogP) is 4.29. The minimum Gasteiger partial charge on any atom is -0.497 e. The van der Waals surface area contributed by atoms with Crippen LogP contribution in [0.5, 0.6) is 5.75 Å². The molecule has 3 aromatic rings. The molecule has 1 heterocycles. The number of methoxy groups -OCH3 is 1. The van der Waals surface area contributed by atoms with Gasteiger partial charge in [-0.15, -0.1) is 11.6 Å². The second kappa shape index (κ2) is 10.3. The van der Waals surface area contributed by atoms with Crippen LogP contribution in [0, 0.1) is 0 Å². The molecule has 0 saturated heterocycles. The van der Waals surface area contributed by atoms with Crippen LogP contribution in [0.25, 0.3) is 16.9 Å². The van der Waals surface area contributed by atoms with Crippen LogP contribution in [0.3, 0.4) is 0 Å². The van der Waals surface area contributed by atoms with Gasteiger partial charge in [-0.25, -0.2) is 9.48 Å². The minimum absolute atomic E-state index is 0.117. The van der Waals surface area contributed by atoms with Crippen molar-refractivity contribution in [2.75, 3.05) is 20.0 Å². The first-order chi connectivity index (χ1) is 14.9. The van der Waals surface area contributed by atoms with Crippen molar-refractivity contribution < 1.29 is 19.2 Å². The van der Waals surface area contributed by atoms with Gasteiger partial charge in [-0.1, -0.05) is 23.7 Å². The second-order valence-electron chi connectivity index (χ2n) is 6.63. The fourth-order valence-corrected chi connectivity index (χ4v) is 3.09. The zero-order valence-corrected chi connectivity index (χ0v) is 18.6. The van der Waals surface area contributed by atoms with Gasteiger partial charge in [0.25, 0.3) is 5.91 Å². The second-order valence-corrected chi connectivity index (χ2v) is 7.33. The van der Waals surface area contributed by atoms with Crippen LogP contribution in [0.4, 0.5) is 0 Å². The Morgan fingerprint density at radius 2 is 1.77 bits per heavy atom. The summed E-state index contributed by atoms with van der Waals surface area (Å²) in [5.41, 5.74) is 3.34.